The number of hydrogen-bond donors (Lipinski definition) is 1. The van der Waals surface area contributed by atoms with Gasteiger partial charge in [0.25, 0.3) is 5.91 Å². The smallest absolute Gasteiger partial charge is 0.286 e. The van der Waals surface area contributed by atoms with Crippen LogP contribution in [-0.4, -0.2) is 17.0 Å². The molecular weight excluding hydrogens is 384 g/mol. The van der Waals surface area contributed by atoms with E-state index in [1.165, 1.54) is 12.5 Å². The molecule has 1 N–H and O–H groups in total. The number of carbonyl (C=O) groups excluding carboxylic acids is 2. The maximum absolute atomic E-state index is 11.9. The Morgan fingerprint density at radius 2 is 2.00 bits per heavy atom. The monoisotopic (exact) mass is 400 g/mol. The van der Waals surface area contributed by atoms with E-state index in [1.807, 2.05) is 37.3 Å². The number of halogens is 1. The van der Waals surface area contributed by atoms with Gasteiger partial charge in [0.15, 0.2) is 5.17 Å². The van der Waals surface area contributed by atoms with Crippen LogP contribution in [0.15, 0.2) is 52.4 Å². The van der Waals surface area contributed by atoms with E-state index in [0.29, 0.717) is 22.3 Å². The molecule has 1 heterocycles. The van der Waals surface area contributed by atoms with Crippen molar-refractivity contribution in [3.63, 3.8) is 0 Å². The number of nitrogens with one attached hydrogen (secondary N) is 1. The molecule has 2 aromatic carbocycles. The van der Waals surface area contributed by atoms with Crippen molar-refractivity contribution in [1.29, 1.82) is 0 Å². The number of benzene rings is 2. The second-order valence-electron chi connectivity index (χ2n) is 5.98. The van der Waals surface area contributed by atoms with Crippen molar-refractivity contribution in [2.75, 3.05) is 0 Å². The van der Waals surface area contributed by atoms with Crippen molar-refractivity contribution in [2.45, 2.75) is 20.5 Å². The van der Waals surface area contributed by atoms with Gasteiger partial charge >= 0.3 is 0 Å². The number of amides is 2. The van der Waals surface area contributed by atoms with Crippen LogP contribution in [0, 0.1) is 6.92 Å². The lowest BCUT2D eigenvalue weighted by molar-refractivity contribution is -0.117. The summed E-state index contributed by atoms with van der Waals surface area (Å²) >= 11 is 7.42. The lowest BCUT2D eigenvalue weighted by Crippen LogP contribution is -2.23. The highest BCUT2D eigenvalue weighted by atomic mass is 35.5. The van der Waals surface area contributed by atoms with E-state index in [1.54, 1.807) is 18.2 Å². The summed E-state index contributed by atoms with van der Waals surface area (Å²) in [4.78, 5) is 27.2. The number of aryl methyl sites for hydroxylation is 1. The lowest BCUT2D eigenvalue weighted by Gasteiger charge is -2.09. The Labute approximate surface area is 166 Å². The molecule has 0 aliphatic carbocycles. The Kier molecular flexibility index (Phi) is 5.98. The average molecular weight is 401 g/mol. The predicted octanol–water partition coefficient (Wildman–Crippen LogP) is 4.33. The van der Waals surface area contributed by atoms with Crippen LogP contribution in [0.1, 0.15) is 23.6 Å². The highest BCUT2D eigenvalue weighted by Gasteiger charge is 2.22. The van der Waals surface area contributed by atoms with Crippen molar-refractivity contribution >= 4 is 46.4 Å². The van der Waals surface area contributed by atoms with Crippen molar-refractivity contribution in [3.8, 4) is 5.75 Å². The van der Waals surface area contributed by atoms with Gasteiger partial charge in [-0.2, -0.15) is 4.99 Å². The number of aliphatic imine (C=N–C) groups is 1. The molecule has 1 aliphatic rings. The molecule has 0 saturated carbocycles. The molecular formula is C20H17ClN2O3S. The molecule has 2 amide bonds. The molecule has 138 valence electrons. The third kappa shape index (κ3) is 5.21. The summed E-state index contributed by atoms with van der Waals surface area (Å²) in [5, 5.41) is 3.24. The van der Waals surface area contributed by atoms with E-state index in [4.69, 9.17) is 16.3 Å². The van der Waals surface area contributed by atoms with Crippen molar-refractivity contribution in [1.82, 2.24) is 5.32 Å². The third-order valence-electron chi connectivity index (χ3n) is 3.67. The number of amidine groups is 1. The molecule has 2 aromatic rings. The van der Waals surface area contributed by atoms with Gasteiger partial charge in [-0.3, -0.25) is 9.59 Å². The van der Waals surface area contributed by atoms with Crippen LogP contribution in [0.2, 0.25) is 5.02 Å². The van der Waals surface area contributed by atoms with Crippen LogP contribution < -0.4 is 10.1 Å². The first-order valence-electron chi connectivity index (χ1n) is 8.19. The molecule has 1 aliphatic heterocycles. The molecule has 0 radical (unpaired) electrons. The summed E-state index contributed by atoms with van der Waals surface area (Å²) in [5.41, 5.74) is 3.00. The van der Waals surface area contributed by atoms with Crippen molar-refractivity contribution in [3.05, 3.63) is 69.1 Å². The minimum Gasteiger partial charge on any atom is -0.487 e. The zero-order valence-electron chi connectivity index (χ0n) is 14.8. The minimum atomic E-state index is -0.389. The number of ether oxygens (including phenoxy) is 1. The Bertz CT molecular complexity index is 952. The summed E-state index contributed by atoms with van der Waals surface area (Å²) in [6.45, 7) is 3.82. The third-order valence-corrected chi connectivity index (χ3v) is 4.87. The number of hydrogen-bond acceptors (Lipinski definition) is 4. The normalized spacial score (nSPS) is 15.0. The first-order valence-corrected chi connectivity index (χ1v) is 9.38. The minimum absolute atomic E-state index is 0.270. The molecule has 0 saturated heterocycles. The van der Waals surface area contributed by atoms with Gasteiger partial charge in [-0.1, -0.05) is 47.5 Å². The Balaban J connectivity index is 1.67. The van der Waals surface area contributed by atoms with Crippen LogP contribution >= 0.6 is 23.4 Å². The van der Waals surface area contributed by atoms with E-state index in [2.05, 4.69) is 10.3 Å². The van der Waals surface area contributed by atoms with Gasteiger partial charge in [0, 0.05) is 6.92 Å². The molecule has 0 aromatic heterocycles. The molecule has 0 atom stereocenters. The van der Waals surface area contributed by atoms with E-state index in [-0.39, 0.29) is 17.0 Å². The SMILES string of the molecule is CC(=O)NC1=NC(=O)C(=Cc2ccc(OCc3ccc(C)cc3)c(Cl)c2)S1. The molecule has 0 unspecified atom stereocenters. The second-order valence-corrected chi connectivity index (χ2v) is 7.42. The fourth-order valence-electron chi connectivity index (χ4n) is 2.33. The fourth-order valence-corrected chi connectivity index (χ4v) is 3.44. The summed E-state index contributed by atoms with van der Waals surface area (Å²) in [7, 11) is 0. The van der Waals surface area contributed by atoms with Crippen molar-refractivity contribution in [2.24, 2.45) is 4.99 Å². The Hall–Kier alpha value is -2.57. The Morgan fingerprint density at radius 3 is 2.67 bits per heavy atom. The van der Waals surface area contributed by atoms with E-state index >= 15 is 0 Å². The zero-order chi connectivity index (χ0) is 19.4. The Morgan fingerprint density at radius 1 is 1.26 bits per heavy atom. The summed E-state index contributed by atoms with van der Waals surface area (Å²) in [5.74, 6) is -0.0898. The van der Waals surface area contributed by atoms with Gasteiger partial charge in [0.05, 0.1) is 9.93 Å². The van der Waals surface area contributed by atoms with Crippen LogP contribution in [0.4, 0.5) is 0 Å². The summed E-state index contributed by atoms with van der Waals surface area (Å²) in [6, 6.07) is 13.4. The highest BCUT2D eigenvalue weighted by Crippen LogP contribution is 2.31. The lowest BCUT2D eigenvalue weighted by atomic mass is 10.1. The van der Waals surface area contributed by atoms with Crippen LogP contribution in [0.3, 0.4) is 0 Å². The van der Waals surface area contributed by atoms with Gasteiger partial charge in [0.2, 0.25) is 5.91 Å². The van der Waals surface area contributed by atoms with Crippen LogP contribution in [0.25, 0.3) is 6.08 Å². The molecule has 5 nitrogen and oxygen atoms in total. The fraction of sp³-hybridized carbons (Fsp3) is 0.150. The number of thioether (sulfide) groups is 1. The van der Waals surface area contributed by atoms with E-state index in [9.17, 15) is 9.59 Å². The molecule has 0 spiro atoms. The van der Waals surface area contributed by atoms with Crippen molar-refractivity contribution < 1.29 is 14.3 Å². The van der Waals surface area contributed by atoms with Crippen LogP contribution in [-0.2, 0) is 16.2 Å². The molecule has 0 fully saturated rings. The van der Waals surface area contributed by atoms with E-state index < -0.39 is 0 Å². The van der Waals surface area contributed by atoms with E-state index in [0.717, 1.165) is 22.9 Å². The molecule has 0 bridgehead atoms. The highest BCUT2D eigenvalue weighted by molar-refractivity contribution is 8.18. The van der Waals surface area contributed by atoms with Gasteiger partial charge in [-0.15, -0.1) is 0 Å². The first-order chi connectivity index (χ1) is 12.9. The van der Waals surface area contributed by atoms with Gasteiger partial charge in [-0.05, 0) is 48.0 Å². The first kappa shape index (κ1) is 19.2. The number of rotatable bonds is 4. The molecule has 3 rings (SSSR count). The maximum atomic E-state index is 11.9. The number of nitrogens with zero attached hydrogens (tertiary/aromatic N) is 1. The topological polar surface area (TPSA) is 67.8 Å². The zero-order valence-corrected chi connectivity index (χ0v) is 16.4. The summed E-state index contributed by atoms with van der Waals surface area (Å²) < 4.78 is 5.77. The quantitative estimate of drug-likeness (QED) is 0.775. The van der Waals surface area contributed by atoms with Crippen LogP contribution in [0.5, 0.6) is 5.75 Å². The number of carbonyl (C=O) groups is 2. The largest absolute Gasteiger partial charge is 0.487 e. The standard InChI is InChI=1S/C20H17ClN2O3S/c1-12-3-5-14(6-4-12)11-26-17-8-7-15(9-16(17)21)10-18-19(25)23-20(27-18)22-13(2)24/h3-10H,11H2,1-2H3,(H,22,23,24,25). The second kappa shape index (κ2) is 8.41. The van der Waals surface area contributed by atoms with Gasteiger partial charge < -0.3 is 10.1 Å². The molecule has 27 heavy (non-hydrogen) atoms. The maximum Gasteiger partial charge on any atom is 0.286 e. The summed E-state index contributed by atoms with van der Waals surface area (Å²) in [6.07, 6.45) is 1.68. The molecule has 7 heteroatoms. The predicted molar refractivity (Wildman–Crippen MR) is 109 cm³/mol. The van der Waals surface area contributed by atoms with Gasteiger partial charge in [0.1, 0.15) is 12.4 Å². The average Bonchev–Trinajstić information content (AvgIpc) is 2.94. The van der Waals surface area contributed by atoms with Gasteiger partial charge in [-0.25, -0.2) is 0 Å².